The van der Waals surface area contributed by atoms with Gasteiger partial charge in [-0.25, -0.2) is 9.37 Å². The van der Waals surface area contributed by atoms with Crippen molar-refractivity contribution in [3.63, 3.8) is 0 Å². The van der Waals surface area contributed by atoms with Gasteiger partial charge in [0.25, 0.3) is 5.95 Å². The van der Waals surface area contributed by atoms with Crippen LogP contribution in [0.15, 0.2) is 48.4 Å². The number of halogens is 1. The highest BCUT2D eigenvalue weighted by molar-refractivity contribution is 6.25. The molecule has 0 aliphatic rings. The predicted octanol–water partition coefficient (Wildman–Crippen LogP) is 4.49. The van der Waals surface area contributed by atoms with E-state index in [4.69, 9.17) is 13.9 Å². The van der Waals surface area contributed by atoms with E-state index < -0.39 is 5.67 Å². The molecule has 2 aromatic rings. The molecule has 0 aliphatic heterocycles. The predicted molar refractivity (Wildman–Crippen MR) is 96.8 cm³/mol. The first-order valence-corrected chi connectivity index (χ1v) is 9.31. The Kier molecular flexibility index (Phi) is 6.58. The number of ether oxygens (including phenoxy) is 2. The van der Waals surface area contributed by atoms with Crippen molar-refractivity contribution in [1.29, 1.82) is 0 Å². The minimum atomic E-state index is -1.51. The highest BCUT2D eigenvalue weighted by atomic mass is 28.2. The summed E-state index contributed by atoms with van der Waals surface area (Å²) in [7, 11) is 1.86. The Morgan fingerprint density at radius 1 is 1.20 bits per heavy atom. The van der Waals surface area contributed by atoms with Gasteiger partial charge in [0.2, 0.25) is 5.88 Å². The van der Waals surface area contributed by atoms with Crippen molar-refractivity contribution in [2.45, 2.75) is 32.7 Å². The average molecular weight is 359 g/mol. The second-order valence-electron chi connectivity index (χ2n) is 5.79. The van der Waals surface area contributed by atoms with Gasteiger partial charge in [-0.2, -0.15) is 0 Å². The van der Waals surface area contributed by atoms with E-state index in [9.17, 15) is 4.39 Å². The van der Waals surface area contributed by atoms with Crippen molar-refractivity contribution in [3.05, 3.63) is 65.2 Å². The lowest BCUT2D eigenvalue weighted by molar-refractivity contribution is 0.161. The molecule has 0 saturated carbocycles. The summed E-state index contributed by atoms with van der Waals surface area (Å²) in [6.07, 6.45) is 1.82. The molecule has 0 unspecified atom stereocenters. The Morgan fingerprint density at radius 3 is 2.64 bits per heavy atom. The Hall–Kier alpha value is -2.34. The minimum absolute atomic E-state index is 0.295. The third kappa shape index (κ3) is 5.60. The normalized spacial score (nSPS) is 12.0. The average Bonchev–Trinajstić information content (AvgIpc) is 2.60. The highest BCUT2D eigenvalue weighted by Gasteiger charge is 2.20. The van der Waals surface area contributed by atoms with Crippen LogP contribution in [0.4, 0.5) is 4.39 Å². The van der Waals surface area contributed by atoms with Gasteiger partial charge >= 0.3 is 9.76 Å². The van der Waals surface area contributed by atoms with Crippen molar-refractivity contribution < 1.29 is 18.3 Å². The van der Waals surface area contributed by atoms with Gasteiger partial charge in [-0.1, -0.05) is 30.3 Å². The molecule has 1 heterocycles. The van der Waals surface area contributed by atoms with Crippen LogP contribution in [0.3, 0.4) is 0 Å². The molecule has 6 heteroatoms. The largest absolute Gasteiger partial charge is 0.517 e. The number of alkyl halides is 1. The van der Waals surface area contributed by atoms with E-state index in [0.717, 1.165) is 11.1 Å². The van der Waals surface area contributed by atoms with Gasteiger partial charge in [-0.15, -0.1) is 0 Å². The number of hydrogen-bond donors (Lipinski definition) is 0. The fraction of sp³-hybridized carbons (Fsp3) is 0.316. The summed E-state index contributed by atoms with van der Waals surface area (Å²) in [6.45, 7) is 5.17. The van der Waals surface area contributed by atoms with E-state index in [1.807, 2.05) is 36.9 Å². The minimum Gasteiger partial charge on any atom is -0.517 e. The van der Waals surface area contributed by atoms with Crippen LogP contribution < -0.4 is 4.74 Å². The number of nitrogens with zero attached hydrogens (tertiary/aromatic N) is 1. The Morgan fingerprint density at radius 2 is 1.96 bits per heavy atom. The van der Waals surface area contributed by atoms with Crippen LogP contribution >= 0.6 is 0 Å². The monoisotopic (exact) mass is 359 g/mol. The quantitative estimate of drug-likeness (QED) is 0.514. The summed E-state index contributed by atoms with van der Waals surface area (Å²) in [6, 6.07) is 12.9. The van der Waals surface area contributed by atoms with Crippen LogP contribution in [0.2, 0.25) is 6.55 Å². The molecule has 132 valence electrons. The van der Waals surface area contributed by atoms with Gasteiger partial charge in [0.05, 0.1) is 12.8 Å². The first kappa shape index (κ1) is 19.0. The first-order valence-electron chi connectivity index (χ1n) is 7.90. The highest BCUT2D eigenvalue weighted by Crippen LogP contribution is 2.24. The molecule has 0 saturated heterocycles. The summed E-state index contributed by atoms with van der Waals surface area (Å²) in [5, 5.41) is 0. The molecule has 25 heavy (non-hydrogen) atoms. The number of pyridine rings is 1. The molecule has 1 aromatic carbocycles. The van der Waals surface area contributed by atoms with Crippen molar-refractivity contribution in [2.24, 2.45) is 0 Å². The van der Waals surface area contributed by atoms with Crippen LogP contribution in [-0.4, -0.2) is 21.9 Å². The van der Waals surface area contributed by atoms with Crippen LogP contribution in [0, 0.1) is 0 Å². The van der Waals surface area contributed by atoms with Gasteiger partial charge in [0, 0.05) is 12.1 Å². The molecular formula is C19H22FNO3Si. The van der Waals surface area contributed by atoms with E-state index in [1.165, 1.54) is 13.8 Å². The number of rotatable bonds is 8. The molecule has 1 aromatic heterocycles. The number of hydrogen-bond acceptors (Lipinski definition) is 4. The Balaban J connectivity index is 2.17. The third-order valence-electron chi connectivity index (χ3n) is 3.44. The zero-order valence-electron chi connectivity index (χ0n) is 14.9. The zero-order chi connectivity index (χ0) is 18.3. The molecule has 0 amide bonds. The lowest BCUT2D eigenvalue weighted by atomic mass is 10.1. The molecule has 0 atom stereocenters. The second kappa shape index (κ2) is 8.67. The summed E-state index contributed by atoms with van der Waals surface area (Å²) in [5.41, 5.74) is 0.717. The number of aromatic nitrogens is 1. The molecule has 2 rings (SSSR count). The Labute approximate surface area is 150 Å². The molecule has 0 N–H and O–H groups in total. The maximum Gasteiger partial charge on any atom is 0.311 e. The molecule has 0 spiro atoms. The Bertz CT molecular complexity index is 729. The molecule has 0 fully saturated rings. The van der Waals surface area contributed by atoms with E-state index in [1.54, 1.807) is 25.3 Å². The van der Waals surface area contributed by atoms with Gasteiger partial charge in [0.15, 0.2) is 0 Å². The molecule has 0 bridgehead atoms. The molecule has 4 nitrogen and oxygen atoms in total. The van der Waals surface area contributed by atoms with Crippen molar-refractivity contribution in [3.8, 4) is 5.88 Å². The fourth-order valence-corrected chi connectivity index (χ4v) is 2.49. The van der Waals surface area contributed by atoms with Gasteiger partial charge in [-0.3, -0.25) is 0 Å². The maximum absolute atomic E-state index is 14.0. The standard InChI is InChI=1S/C19H22FNO3Si/c1-19(2,20)16-10-7-11-17(21-16)23-13-15-9-6-5-8-14(15)12-18(22-3)24-25-4/h5-12H,13H2,1-4H3/b18-12+. The van der Waals surface area contributed by atoms with Crippen molar-refractivity contribution >= 4 is 15.8 Å². The zero-order valence-corrected chi connectivity index (χ0v) is 15.9. The smallest absolute Gasteiger partial charge is 0.311 e. The SMILES string of the molecule is CO/C(=C\c1ccccc1COc1cccc(C(C)(C)F)n1)O[Si]C. The van der Waals surface area contributed by atoms with E-state index in [2.05, 4.69) is 4.98 Å². The van der Waals surface area contributed by atoms with E-state index >= 15 is 0 Å². The topological polar surface area (TPSA) is 40.6 Å². The van der Waals surface area contributed by atoms with Gasteiger partial charge in [-0.05, 0) is 37.6 Å². The van der Waals surface area contributed by atoms with Crippen molar-refractivity contribution in [2.75, 3.05) is 7.11 Å². The second-order valence-corrected chi connectivity index (χ2v) is 6.41. The maximum atomic E-state index is 14.0. The van der Waals surface area contributed by atoms with Crippen LogP contribution in [-0.2, 0) is 21.4 Å². The molecule has 0 aliphatic carbocycles. The van der Waals surface area contributed by atoms with E-state index in [0.29, 0.717) is 33.9 Å². The third-order valence-corrected chi connectivity index (χ3v) is 3.85. The molecule has 2 radical (unpaired) electrons. The number of methoxy groups -OCH3 is 1. The van der Waals surface area contributed by atoms with Crippen LogP contribution in [0.5, 0.6) is 5.88 Å². The lowest BCUT2D eigenvalue weighted by Crippen LogP contribution is -2.12. The van der Waals surface area contributed by atoms with Crippen LogP contribution in [0.1, 0.15) is 30.7 Å². The summed E-state index contributed by atoms with van der Waals surface area (Å²) < 4.78 is 30.4. The lowest BCUT2D eigenvalue weighted by Gasteiger charge is -2.15. The first-order chi connectivity index (χ1) is 11.9. The van der Waals surface area contributed by atoms with E-state index in [-0.39, 0.29) is 0 Å². The summed E-state index contributed by atoms with van der Waals surface area (Å²) >= 11 is 0. The van der Waals surface area contributed by atoms with Gasteiger partial charge < -0.3 is 13.9 Å². The summed E-state index contributed by atoms with van der Waals surface area (Å²) in [4.78, 5) is 4.23. The van der Waals surface area contributed by atoms with Gasteiger partial charge in [0.1, 0.15) is 12.3 Å². The fourth-order valence-electron chi connectivity index (χ4n) is 2.14. The van der Waals surface area contributed by atoms with Crippen LogP contribution in [0.25, 0.3) is 6.08 Å². The molecular weight excluding hydrogens is 337 g/mol. The summed E-state index contributed by atoms with van der Waals surface area (Å²) in [5.74, 6) is 0.841. The number of benzene rings is 1. The van der Waals surface area contributed by atoms with Crippen molar-refractivity contribution in [1.82, 2.24) is 4.98 Å².